The molecule has 35 nitrogen and oxygen atoms in total. The molecule has 11 aromatic rings. The van der Waals surface area contributed by atoms with Gasteiger partial charge in [-0.1, -0.05) is 50.3 Å². The van der Waals surface area contributed by atoms with E-state index in [1.165, 1.54) is 41.3 Å². The number of aryl methyl sites for hydroxylation is 1. The van der Waals surface area contributed by atoms with E-state index in [1.54, 1.807) is 51.7 Å². The standard InChI is InChI=1S/C19H27N5O2.C19H21N5O2.C18H25N5O2.C16H21N5O2.C14H19N5O2/c2*20-16-10-17(26)24(13-4-2-1-3-5-13)18-15(16)11-21-19(23-18)22-12-6-8-14(25)9-7-12;19-15-9-16(25)23(12-3-1-2-4-12)17-14(15)10-20-18(22-17)21-11-5-7-13(24)8-6-11;17-13-7-14(23)21(10-3-4-10)15-12(13)8-18-16(20-15)19-9-1-5-11(22)6-2-9;1-19-12(21)6-11(15)10-7-16-14(18-13(10)19)17-8-2-4-9(20)5-3-8/h10-14,25H,1-9,20H2,(H,21,22,23);1-5,10-12,14,25H,6-9,20H2,(H,21,22,23);9-13,24H,1-8,19H2,(H,20,21,22);7-11,22H,1-6,17H2,(H,18,19,20);6-9,20H,2-5,15H2,1H3,(H,16,17,18). The fourth-order valence-corrected chi connectivity index (χ4v) is 17.9. The molecule has 0 aliphatic heterocycles. The number of para-hydroxylation sites is 1. The van der Waals surface area contributed by atoms with Crippen molar-refractivity contribution in [2.75, 3.05) is 55.3 Å². The molecule has 35 heteroatoms. The lowest BCUT2D eigenvalue weighted by Gasteiger charge is -2.27. The Kier molecular flexibility index (Phi) is 26.6. The summed E-state index contributed by atoms with van der Waals surface area (Å²) in [5.41, 5.74) is 34.9. The zero-order valence-electron chi connectivity index (χ0n) is 68.5. The molecular formula is C86H113N25O10. The fraction of sp³-hybridized carbons (Fsp3) is 0.523. The Morgan fingerprint density at radius 3 is 0.851 bits per heavy atom. The van der Waals surface area contributed by atoms with Crippen LogP contribution in [0, 0.1) is 0 Å². The number of rotatable bonds is 14. The number of aliphatic hydroxyl groups excluding tert-OH is 5. The van der Waals surface area contributed by atoms with E-state index in [4.69, 9.17) is 28.7 Å². The first-order valence-electron chi connectivity index (χ1n) is 43.1. The molecule has 0 spiro atoms. The summed E-state index contributed by atoms with van der Waals surface area (Å²) < 4.78 is 8.37. The lowest BCUT2D eigenvalue weighted by molar-refractivity contribution is 0.125. The van der Waals surface area contributed by atoms with Crippen LogP contribution in [0.2, 0.25) is 0 Å². The lowest BCUT2D eigenvalue weighted by Crippen LogP contribution is -2.30. The van der Waals surface area contributed by atoms with E-state index in [9.17, 15) is 49.5 Å². The summed E-state index contributed by atoms with van der Waals surface area (Å²) in [6.45, 7) is 0. The second kappa shape index (κ2) is 38.0. The zero-order valence-corrected chi connectivity index (χ0v) is 68.5. The van der Waals surface area contributed by atoms with Crippen LogP contribution in [0.15, 0.2) is 116 Å². The quantitative estimate of drug-likeness (QED) is 0.0483. The molecule has 0 bridgehead atoms. The number of nitrogens with zero attached hydrogens (tertiary/aromatic N) is 15. The summed E-state index contributed by atoms with van der Waals surface area (Å²) in [5, 5.41) is 68.2. The van der Waals surface area contributed by atoms with Crippen molar-refractivity contribution in [3.63, 3.8) is 0 Å². The van der Waals surface area contributed by atoms with Gasteiger partial charge in [-0.3, -0.25) is 46.8 Å². The molecule has 19 rings (SSSR count). The number of nitrogens with one attached hydrogen (secondary N) is 5. The van der Waals surface area contributed by atoms with Gasteiger partial charge in [0.2, 0.25) is 29.7 Å². The number of pyridine rings is 5. The van der Waals surface area contributed by atoms with Crippen LogP contribution in [0.25, 0.3) is 60.9 Å². The van der Waals surface area contributed by atoms with Crippen molar-refractivity contribution < 1.29 is 25.5 Å². The third-order valence-corrected chi connectivity index (χ3v) is 25.0. The summed E-state index contributed by atoms with van der Waals surface area (Å²) in [4.78, 5) is 106. The first kappa shape index (κ1) is 84.5. The first-order chi connectivity index (χ1) is 58.5. The Labute approximate surface area is 697 Å². The number of hydrogen-bond acceptors (Lipinski definition) is 30. The lowest BCUT2D eigenvalue weighted by atomic mass is 9.93. The number of aromatic nitrogens is 15. The van der Waals surface area contributed by atoms with Crippen molar-refractivity contribution in [1.82, 2.24) is 72.7 Å². The van der Waals surface area contributed by atoms with E-state index in [-0.39, 0.29) is 107 Å². The van der Waals surface area contributed by atoms with Gasteiger partial charge in [0.15, 0.2) is 22.6 Å². The number of nitrogen functional groups attached to an aromatic ring is 5. The molecule has 8 aliphatic carbocycles. The number of fused-ring (bicyclic) bond motifs is 5. The first-order valence-corrected chi connectivity index (χ1v) is 43.1. The van der Waals surface area contributed by atoms with Crippen LogP contribution in [0.5, 0.6) is 0 Å². The summed E-state index contributed by atoms with van der Waals surface area (Å²) in [7, 11) is 1.66. The number of benzene rings is 1. The average Bonchev–Trinajstić information content (AvgIpc) is 1.69. The van der Waals surface area contributed by atoms with Crippen molar-refractivity contribution in [3.8, 4) is 5.69 Å². The van der Waals surface area contributed by atoms with Gasteiger partial charge >= 0.3 is 0 Å². The predicted molar refractivity (Wildman–Crippen MR) is 471 cm³/mol. The monoisotopic (exact) mass is 1660 g/mol. The van der Waals surface area contributed by atoms with Gasteiger partial charge in [-0.25, -0.2) is 24.9 Å². The SMILES string of the molecule is Cn1c(=O)cc(N)c2cnc(NC3CCC(O)CC3)nc21.Nc1cc(=O)n(-c2ccccc2)c2nc(NC3CCC(O)CC3)ncc12.Nc1cc(=O)n(C2CC2)c2nc(NC3CCC(O)CC3)ncc12.Nc1cc(=O)n(C2CCCC2)c2nc(NC3CCC(O)CC3)ncc12.Nc1cc(=O)n(C2CCCCC2)c2nc(NC3CCC(O)CC3)ncc12. The smallest absolute Gasteiger partial charge is 0.258 e. The maximum absolute atomic E-state index is 12.7. The van der Waals surface area contributed by atoms with Crippen LogP contribution >= 0.6 is 0 Å². The molecule has 121 heavy (non-hydrogen) atoms. The molecule has 1 aromatic carbocycles. The van der Waals surface area contributed by atoms with Gasteiger partial charge in [-0.2, -0.15) is 24.9 Å². The highest BCUT2D eigenvalue weighted by Crippen LogP contribution is 2.38. The summed E-state index contributed by atoms with van der Waals surface area (Å²) in [5.74, 6) is 2.55. The maximum atomic E-state index is 12.7. The van der Waals surface area contributed by atoms with E-state index in [2.05, 4.69) is 76.4 Å². The third kappa shape index (κ3) is 20.4. The Morgan fingerprint density at radius 1 is 0.298 bits per heavy atom. The Balaban J connectivity index is 0.000000118. The van der Waals surface area contributed by atoms with E-state index >= 15 is 0 Å². The number of anilines is 10. The fourth-order valence-electron chi connectivity index (χ4n) is 17.9. The molecule has 8 aliphatic rings. The topological polar surface area (TPSA) is 530 Å². The Hall–Kier alpha value is -11.5. The maximum Gasteiger partial charge on any atom is 0.258 e. The van der Waals surface area contributed by atoms with Crippen LogP contribution in [0.4, 0.5) is 58.2 Å². The van der Waals surface area contributed by atoms with Gasteiger partial charge in [0.1, 0.15) is 5.65 Å². The Morgan fingerprint density at radius 2 is 0.545 bits per heavy atom. The van der Waals surface area contributed by atoms with Crippen molar-refractivity contribution in [3.05, 3.63) is 143 Å². The van der Waals surface area contributed by atoms with E-state index < -0.39 is 0 Å². The molecule has 0 atom stereocenters. The van der Waals surface area contributed by atoms with Gasteiger partial charge in [0.25, 0.3) is 27.8 Å². The third-order valence-electron chi connectivity index (χ3n) is 25.0. The molecule has 8 saturated carbocycles. The largest absolute Gasteiger partial charge is 0.398 e. The van der Waals surface area contributed by atoms with Crippen LogP contribution in [-0.2, 0) is 7.05 Å². The highest BCUT2D eigenvalue weighted by molar-refractivity contribution is 5.91. The van der Waals surface area contributed by atoms with Crippen molar-refractivity contribution in [1.29, 1.82) is 0 Å². The molecule has 0 unspecified atom stereocenters. The predicted octanol–water partition coefficient (Wildman–Crippen LogP) is 8.93. The van der Waals surface area contributed by atoms with E-state index in [0.717, 1.165) is 214 Å². The minimum absolute atomic E-state index is 0.0765. The van der Waals surface area contributed by atoms with Crippen molar-refractivity contribution >= 4 is 113 Å². The van der Waals surface area contributed by atoms with Crippen molar-refractivity contribution in [2.45, 2.75) is 278 Å². The van der Waals surface area contributed by atoms with Gasteiger partial charge in [0, 0.05) is 145 Å². The van der Waals surface area contributed by atoms with Crippen LogP contribution < -0.4 is 83.0 Å². The van der Waals surface area contributed by atoms with Crippen LogP contribution in [-0.4, -0.2) is 159 Å². The van der Waals surface area contributed by atoms with E-state index in [1.807, 2.05) is 34.9 Å². The number of hydrogen-bond donors (Lipinski definition) is 15. The van der Waals surface area contributed by atoms with Crippen LogP contribution in [0.3, 0.4) is 0 Å². The summed E-state index contributed by atoms with van der Waals surface area (Å²) in [6, 6.07) is 18.4. The highest BCUT2D eigenvalue weighted by atomic mass is 16.3. The minimum Gasteiger partial charge on any atom is -0.398 e. The molecule has 10 heterocycles. The van der Waals surface area contributed by atoms with Crippen LogP contribution in [0.1, 0.15) is 217 Å². The Bertz CT molecular complexity index is 5770. The molecule has 642 valence electrons. The number of nitrogens with two attached hydrogens (primary N) is 5. The molecule has 0 saturated heterocycles. The zero-order chi connectivity index (χ0) is 84.5. The molecular weight excluding hydrogens is 1540 g/mol. The molecule has 0 radical (unpaired) electrons. The molecule has 10 aromatic heterocycles. The highest BCUT2D eigenvalue weighted by Gasteiger charge is 2.31. The van der Waals surface area contributed by atoms with Crippen molar-refractivity contribution in [2.24, 2.45) is 7.05 Å². The van der Waals surface area contributed by atoms with Gasteiger partial charge < -0.3 is 80.8 Å². The average molecular weight is 1660 g/mol. The van der Waals surface area contributed by atoms with Gasteiger partial charge in [-0.15, -0.1) is 0 Å². The second-order valence-electron chi connectivity index (χ2n) is 33.9. The minimum atomic E-state index is -0.230. The summed E-state index contributed by atoms with van der Waals surface area (Å²) >= 11 is 0. The van der Waals surface area contributed by atoms with E-state index in [0.29, 0.717) is 97.2 Å². The second-order valence-corrected chi connectivity index (χ2v) is 33.9. The number of aliphatic hydroxyl groups is 5. The normalized spacial score (nSPS) is 23.3. The molecule has 20 N–H and O–H groups in total. The van der Waals surface area contributed by atoms with Gasteiger partial charge in [-0.05, 0) is 179 Å². The molecule has 8 fully saturated rings. The van der Waals surface area contributed by atoms with Gasteiger partial charge in [0.05, 0.1) is 63.1 Å². The molecule has 0 amide bonds. The summed E-state index contributed by atoms with van der Waals surface area (Å²) in [6.07, 6.45) is 36.1.